The summed E-state index contributed by atoms with van der Waals surface area (Å²) in [6.07, 6.45) is 1.57. The van der Waals surface area contributed by atoms with E-state index in [0.717, 1.165) is 19.4 Å². The molecule has 2 saturated heterocycles. The van der Waals surface area contributed by atoms with Crippen molar-refractivity contribution in [2.75, 3.05) is 20.1 Å². The van der Waals surface area contributed by atoms with Gasteiger partial charge in [0, 0.05) is 6.54 Å². The monoisotopic (exact) mass is 225 g/mol. The summed E-state index contributed by atoms with van der Waals surface area (Å²) in [5.74, 6) is -0.885. The first-order chi connectivity index (χ1) is 7.58. The van der Waals surface area contributed by atoms with E-state index in [1.807, 2.05) is 7.05 Å². The number of likely N-dealkylation sites (tertiary alicyclic amines) is 1. The van der Waals surface area contributed by atoms with E-state index < -0.39 is 11.9 Å². The Morgan fingerprint density at radius 2 is 2.06 bits per heavy atom. The number of likely N-dealkylation sites (N-methyl/N-ethyl adjacent to an activating group) is 1. The number of carbonyl (C=O) groups excluding carboxylic acids is 3. The minimum Gasteiger partial charge on any atom is -0.304 e. The van der Waals surface area contributed by atoms with Gasteiger partial charge in [-0.1, -0.05) is 0 Å². The number of piperidine rings is 1. The Bertz CT molecular complexity index is 322. The number of carbonyl (C=O) groups is 3. The molecule has 4 amide bonds. The zero-order chi connectivity index (χ0) is 11.7. The van der Waals surface area contributed by atoms with Gasteiger partial charge < -0.3 is 4.90 Å². The molecule has 0 aromatic heterocycles. The van der Waals surface area contributed by atoms with Gasteiger partial charge in [0.15, 0.2) is 0 Å². The second-order valence-electron chi connectivity index (χ2n) is 4.35. The summed E-state index contributed by atoms with van der Waals surface area (Å²) >= 11 is 0. The molecule has 2 rings (SSSR count). The number of imide groups is 2. The van der Waals surface area contributed by atoms with Gasteiger partial charge in [0.05, 0.1) is 6.04 Å². The van der Waals surface area contributed by atoms with Gasteiger partial charge in [-0.15, -0.1) is 0 Å². The standard InChI is InChI=1S/C10H15N3O3/c1-12-4-2-3-7(6-12)13-9(15)5-8(14)11-10(13)16/h7H,2-6H2,1H3,(H,11,14,16). The number of hydrogen-bond acceptors (Lipinski definition) is 4. The third-order valence-electron chi connectivity index (χ3n) is 3.01. The molecule has 0 aromatic carbocycles. The summed E-state index contributed by atoms with van der Waals surface area (Å²) in [7, 11) is 1.96. The van der Waals surface area contributed by atoms with Crippen molar-refractivity contribution in [2.45, 2.75) is 25.3 Å². The Labute approximate surface area is 93.6 Å². The van der Waals surface area contributed by atoms with Gasteiger partial charge in [-0.05, 0) is 26.4 Å². The van der Waals surface area contributed by atoms with Crippen LogP contribution < -0.4 is 5.32 Å². The summed E-state index contributed by atoms with van der Waals surface area (Å²) in [6.45, 7) is 1.67. The lowest BCUT2D eigenvalue weighted by Gasteiger charge is -2.37. The van der Waals surface area contributed by atoms with Crippen LogP contribution in [0.3, 0.4) is 0 Å². The first kappa shape index (κ1) is 11.1. The minimum atomic E-state index is -0.568. The second-order valence-corrected chi connectivity index (χ2v) is 4.35. The SMILES string of the molecule is CN1CCCC(N2C(=O)CC(=O)NC2=O)C1. The van der Waals surface area contributed by atoms with E-state index in [0.29, 0.717) is 6.54 Å². The molecule has 2 fully saturated rings. The average molecular weight is 225 g/mol. The predicted molar refractivity (Wildman–Crippen MR) is 55.5 cm³/mol. The van der Waals surface area contributed by atoms with E-state index in [1.165, 1.54) is 4.90 Å². The van der Waals surface area contributed by atoms with Crippen LogP contribution in [0.15, 0.2) is 0 Å². The first-order valence-electron chi connectivity index (χ1n) is 5.42. The van der Waals surface area contributed by atoms with E-state index in [4.69, 9.17) is 0 Å². The highest BCUT2D eigenvalue weighted by Gasteiger charge is 2.37. The van der Waals surface area contributed by atoms with Crippen LogP contribution in [0.25, 0.3) is 0 Å². The Balaban J connectivity index is 2.10. The highest BCUT2D eigenvalue weighted by atomic mass is 16.2. The Kier molecular flexibility index (Phi) is 2.91. The normalized spacial score (nSPS) is 28.2. The van der Waals surface area contributed by atoms with Crippen LogP contribution in [0, 0.1) is 0 Å². The molecule has 6 nitrogen and oxygen atoms in total. The zero-order valence-corrected chi connectivity index (χ0v) is 9.23. The molecule has 6 heteroatoms. The van der Waals surface area contributed by atoms with Crippen LogP contribution in [0.1, 0.15) is 19.3 Å². The highest BCUT2D eigenvalue weighted by molar-refractivity contribution is 6.14. The predicted octanol–water partition coefficient (Wildman–Crippen LogP) is -0.451. The van der Waals surface area contributed by atoms with Crippen LogP contribution in [0.5, 0.6) is 0 Å². The number of rotatable bonds is 1. The van der Waals surface area contributed by atoms with E-state index in [1.54, 1.807) is 0 Å². The molecule has 1 unspecified atom stereocenters. The van der Waals surface area contributed by atoms with E-state index in [9.17, 15) is 14.4 Å². The molecular weight excluding hydrogens is 210 g/mol. The lowest BCUT2D eigenvalue weighted by molar-refractivity contribution is -0.138. The van der Waals surface area contributed by atoms with E-state index >= 15 is 0 Å². The second kappa shape index (κ2) is 4.21. The molecule has 88 valence electrons. The van der Waals surface area contributed by atoms with Gasteiger partial charge in [0.2, 0.25) is 11.8 Å². The number of nitrogens with zero attached hydrogens (tertiary/aromatic N) is 2. The summed E-state index contributed by atoms with van der Waals surface area (Å²) in [5.41, 5.74) is 0. The fourth-order valence-electron chi connectivity index (χ4n) is 2.28. The lowest BCUT2D eigenvalue weighted by atomic mass is 10.0. The van der Waals surface area contributed by atoms with Crippen molar-refractivity contribution in [3.05, 3.63) is 0 Å². The van der Waals surface area contributed by atoms with Crippen LogP contribution in [-0.2, 0) is 9.59 Å². The number of urea groups is 1. The van der Waals surface area contributed by atoms with Crippen molar-refractivity contribution in [1.82, 2.24) is 15.1 Å². The molecule has 1 N–H and O–H groups in total. The largest absolute Gasteiger partial charge is 0.331 e. The van der Waals surface area contributed by atoms with Crippen molar-refractivity contribution in [3.63, 3.8) is 0 Å². The molecule has 0 radical (unpaired) electrons. The summed E-state index contributed by atoms with van der Waals surface area (Å²) in [4.78, 5) is 37.5. The van der Waals surface area contributed by atoms with Gasteiger partial charge >= 0.3 is 6.03 Å². The van der Waals surface area contributed by atoms with Crippen molar-refractivity contribution < 1.29 is 14.4 Å². The Hall–Kier alpha value is -1.43. The van der Waals surface area contributed by atoms with E-state index in [2.05, 4.69) is 10.2 Å². The van der Waals surface area contributed by atoms with Gasteiger partial charge in [-0.2, -0.15) is 0 Å². The third kappa shape index (κ3) is 2.06. The molecule has 2 aliphatic heterocycles. The van der Waals surface area contributed by atoms with Crippen LogP contribution in [-0.4, -0.2) is 53.8 Å². The molecule has 1 atom stereocenters. The molecule has 16 heavy (non-hydrogen) atoms. The molecule has 2 aliphatic rings. The highest BCUT2D eigenvalue weighted by Crippen LogP contribution is 2.17. The third-order valence-corrected chi connectivity index (χ3v) is 3.01. The van der Waals surface area contributed by atoms with Gasteiger partial charge in [0.1, 0.15) is 6.42 Å². The fraction of sp³-hybridized carbons (Fsp3) is 0.700. The lowest BCUT2D eigenvalue weighted by Crippen LogP contribution is -2.59. The molecule has 2 heterocycles. The molecule has 0 aromatic rings. The summed E-state index contributed by atoms with van der Waals surface area (Å²) < 4.78 is 0. The summed E-state index contributed by atoms with van der Waals surface area (Å²) in [6, 6.07) is -0.666. The first-order valence-corrected chi connectivity index (χ1v) is 5.42. The maximum atomic E-state index is 11.6. The van der Waals surface area contributed by atoms with E-state index in [-0.39, 0.29) is 18.4 Å². The average Bonchev–Trinajstić information content (AvgIpc) is 2.15. The topological polar surface area (TPSA) is 69.7 Å². The van der Waals surface area contributed by atoms with Crippen molar-refractivity contribution in [1.29, 1.82) is 0 Å². The Morgan fingerprint density at radius 3 is 2.69 bits per heavy atom. The van der Waals surface area contributed by atoms with Crippen molar-refractivity contribution in [2.24, 2.45) is 0 Å². The molecule has 0 saturated carbocycles. The van der Waals surface area contributed by atoms with Crippen LogP contribution in [0.4, 0.5) is 4.79 Å². The quantitative estimate of drug-likeness (QED) is 0.614. The number of barbiturate groups is 1. The molecular formula is C10H15N3O3. The summed E-state index contributed by atoms with van der Waals surface area (Å²) in [5, 5.41) is 2.18. The molecule has 0 aliphatic carbocycles. The van der Waals surface area contributed by atoms with Gasteiger partial charge in [-0.3, -0.25) is 19.8 Å². The molecule has 0 bridgehead atoms. The maximum Gasteiger partial charge on any atom is 0.331 e. The van der Waals surface area contributed by atoms with Gasteiger partial charge in [0.25, 0.3) is 0 Å². The maximum absolute atomic E-state index is 11.6. The number of hydrogen-bond donors (Lipinski definition) is 1. The van der Waals surface area contributed by atoms with Crippen molar-refractivity contribution >= 4 is 17.8 Å². The van der Waals surface area contributed by atoms with Crippen molar-refractivity contribution in [3.8, 4) is 0 Å². The number of nitrogens with one attached hydrogen (secondary N) is 1. The van der Waals surface area contributed by atoms with Crippen LogP contribution >= 0.6 is 0 Å². The Morgan fingerprint density at radius 1 is 1.31 bits per heavy atom. The zero-order valence-electron chi connectivity index (χ0n) is 9.23. The van der Waals surface area contributed by atoms with Crippen LogP contribution in [0.2, 0.25) is 0 Å². The smallest absolute Gasteiger partial charge is 0.304 e. The minimum absolute atomic E-state index is 0.0978. The number of amides is 4. The molecule has 0 spiro atoms. The fourth-order valence-corrected chi connectivity index (χ4v) is 2.28. The van der Waals surface area contributed by atoms with Gasteiger partial charge in [-0.25, -0.2) is 4.79 Å².